The molecule has 0 aliphatic heterocycles. The van der Waals surface area contributed by atoms with Gasteiger partial charge in [-0.3, -0.25) is 0 Å². The van der Waals surface area contributed by atoms with Gasteiger partial charge in [0.25, 0.3) is 0 Å². The number of hydrogen-bond donors (Lipinski definition) is 1. The largest absolute Gasteiger partial charge is 0.363 e. The highest BCUT2D eigenvalue weighted by Gasteiger charge is 1.96. The summed E-state index contributed by atoms with van der Waals surface area (Å²) in [6.45, 7) is 2.42. The average molecular weight is 114 g/mol. The molecule has 0 aliphatic rings. The number of hydrogen-bond acceptors (Lipinski definition) is 3. The molecule has 46 valence electrons. The molecular formula is C5H10N2O. The van der Waals surface area contributed by atoms with Crippen LogP contribution >= 0.6 is 0 Å². The van der Waals surface area contributed by atoms with Gasteiger partial charge in [-0.15, -0.1) is 0 Å². The highest BCUT2D eigenvalue weighted by atomic mass is 16.5. The van der Waals surface area contributed by atoms with Crippen molar-refractivity contribution in [1.82, 2.24) is 0 Å². The predicted octanol–water partition coefficient (Wildman–Crippen LogP) is 0.221. The van der Waals surface area contributed by atoms with Crippen molar-refractivity contribution >= 4 is 0 Å². The van der Waals surface area contributed by atoms with Crippen LogP contribution in [0.25, 0.3) is 0 Å². The quantitative estimate of drug-likeness (QED) is 0.534. The number of nitrogens with zero attached hydrogens (tertiary/aromatic N) is 1. The van der Waals surface area contributed by atoms with Crippen LogP contribution in [0.2, 0.25) is 0 Å². The van der Waals surface area contributed by atoms with Crippen LogP contribution in [-0.2, 0) is 4.74 Å². The smallest absolute Gasteiger partial charge is 0.118 e. The van der Waals surface area contributed by atoms with E-state index in [1.165, 1.54) is 0 Å². The van der Waals surface area contributed by atoms with Crippen LogP contribution in [0.4, 0.5) is 0 Å². The summed E-state index contributed by atoms with van der Waals surface area (Å²) in [5.41, 5.74) is 5.25. The minimum atomic E-state index is -0.398. The molecule has 0 rings (SSSR count). The van der Waals surface area contributed by atoms with Crippen molar-refractivity contribution in [3.63, 3.8) is 0 Å². The highest BCUT2D eigenvalue weighted by molar-refractivity contribution is 4.72. The second-order valence-electron chi connectivity index (χ2n) is 1.36. The lowest BCUT2D eigenvalue weighted by Gasteiger charge is -2.04. The molecule has 0 radical (unpaired) electrons. The number of nitrogens with two attached hydrogens (primary N) is 1. The van der Waals surface area contributed by atoms with Crippen LogP contribution < -0.4 is 5.73 Å². The minimum absolute atomic E-state index is 0.272. The molecule has 0 aromatic carbocycles. The maximum Gasteiger partial charge on any atom is 0.118 e. The molecule has 3 nitrogen and oxygen atoms in total. The molecule has 0 saturated carbocycles. The van der Waals surface area contributed by atoms with Crippen LogP contribution in [0.3, 0.4) is 0 Å². The number of ether oxygens (including phenoxy) is 1. The first-order valence-corrected chi connectivity index (χ1v) is 2.55. The topological polar surface area (TPSA) is 59.0 Å². The van der Waals surface area contributed by atoms with Crippen molar-refractivity contribution in [3.05, 3.63) is 0 Å². The van der Waals surface area contributed by atoms with Crippen molar-refractivity contribution in [3.8, 4) is 6.07 Å². The maximum absolute atomic E-state index is 8.05. The molecule has 0 aromatic heterocycles. The number of nitriles is 1. The van der Waals surface area contributed by atoms with E-state index in [-0.39, 0.29) is 6.42 Å². The standard InChI is InChI=1S/C5H10N2O/c1-2-8-5(7)3-4-6/h5H,2-3,7H2,1H3. The van der Waals surface area contributed by atoms with Gasteiger partial charge in [-0.05, 0) is 6.92 Å². The summed E-state index contributed by atoms with van der Waals surface area (Å²) < 4.78 is 4.84. The van der Waals surface area contributed by atoms with Crippen LogP contribution in [0.5, 0.6) is 0 Å². The van der Waals surface area contributed by atoms with Gasteiger partial charge in [-0.25, -0.2) is 0 Å². The lowest BCUT2D eigenvalue weighted by Crippen LogP contribution is -2.22. The van der Waals surface area contributed by atoms with Crippen LogP contribution in [0.1, 0.15) is 13.3 Å². The number of rotatable bonds is 3. The molecule has 0 bridgehead atoms. The van der Waals surface area contributed by atoms with Crippen molar-refractivity contribution < 1.29 is 4.74 Å². The first kappa shape index (κ1) is 7.41. The van der Waals surface area contributed by atoms with Gasteiger partial charge in [0.05, 0.1) is 12.5 Å². The summed E-state index contributed by atoms with van der Waals surface area (Å²) in [6, 6.07) is 1.90. The molecule has 3 heteroatoms. The highest BCUT2D eigenvalue weighted by Crippen LogP contribution is 1.86. The molecule has 0 spiro atoms. The molecule has 8 heavy (non-hydrogen) atoms. The van der Waals surface area contributed by atoms with Gasteiger partial charge >= 0.3 is 0 Å². The Kier molecular flexibility index (Phi) is 4.23. The molecule has 0 amide bonds. The SMILES string of the molecule is CCOC(N)CC#N. The van der Waals surface area contributed by atoms with E-state index in [0.29, 0.717) is 6.61 Å². The van der Waals surface area contributed by atoms with Gasteiger partial charge < -0.3 is 10.5 Å². The van der Waals surface area contributed by atoms with E-state index < -0.39 is 6.23 Å². The van der Waals surface area contributed by atoms with E-state index in [1.54, 1.807) is 0 Å². The molecular weight excluding hydrogens is 104 g/mol. The van der Waals surface area contributed by atoms with Gasteiger partial charge in [0.15, 0.2) is 0 Å². The van der Waals surface area contributed by atoms with Crippen LogP contribution in [0.15, 0.2) is 0 Å². The zero-order chi connectivity index (χ0) is 6.41. The Balaban J connectivity index is 3.08. The molecule has 0 fully saturated rings. The fourth-order valence-corrected chi connectivity index (χ4v) is 0.363. The van der Waals surface area contributed by atoms with Gasteiger partial charge in [-0.2, -0.15) is 5.26 Å². The molecule has 1 atom stereocenters. The summed E-state index contributed by atoms with van der Waals surface area (Å²) >= 11 is 0. The molecule has 0 aromatic rings. The summed E-state index contributed by atoms with van der Waals surface area (Å²) in [7, 11) is 0. The zero-order valence-corrected chi connectivity index (χ0v) is 4.92. The molecule has 1 unspecified atom stereocenters. The van der Waals surface area contributed by atoms with E-state index in [1.807, 2.05) is 13.0 Å². The van der Waals surface area contributed by atoms with Crippen molar-refractivity contribution in [2.45, 2.75) is 19.6 Å². The monoisotopic (exact) mass is 114 g/mol. The van der Waals surface area contributed by atoms with Gasteiger partial charge in [-0.1, -0.05) is 0 Å². The Labute approximate surface area is 49.0 Å². The van der Waals surface area contributed by atoms with Crippen molar-refractivity contribution in [2.24, 2.45) is 5.73 Å². The fraction of sp³-hybridized carbons (Fsp3) is 0.800. The Morgan fingerprint density at radius 3 is 2.88 bits per heavy atom. The minimum Gasteiger partial charge on any atom is -0.363 e. The Morgan fingerprint density at radius 2 is 2.50 bits per heavy atom. The Morgan fingerprint density at radius 1 is 1.88 bits per heavy atom. The average Bonchev–Trinajstić information content (AvgIpc) is 1.68. The first-order chi connectivity index (χ1) is 3.81. The predicted molar refractivity (Wildman–Crippen MR) is 29.8 cm³/mol. The van der Waals surface area contributed by atoms with Crippen molar-refractivity contribution in [1.29, 1.82) is 5.26 Å². The van der Waals surface area contributed by atoms with E-state index in [2.05, 4.69) is 0 Å². The third kappa shape index (κ3) is 3.59. The van der Waals surface area contributed by atoms with E-state index >= 15 is 0 Å². The van der Waals surface area contributed by atoms with E-state index in [4.69, 9.17) is 15.7 Å². The lowest BCUT2D eigenvalue weighted by atomic mass is 10.4. The van der Waals surface area contributed by atoms with Gasteiger partial charge in [0.1, 0.15) is 6.23 Å². The molecule has 2 N–H and O–H groups in total. The third-order valence-corrected chi connectivity index (χ3v) is 0.673. The Bertz CT molecular complexity index is 86.9. The molecule has 0 heterocycles. The lowest BCUT2D eigenvalue weighted by molar-refractivity contribution is 0.0712. The summed E-state index contributed by atoms with van der Waals surface area (Å²) in [6.07, 6.45) is -0.126. The molecule has 0 aliphatic carbocycles. The fourth-order valence-electron chi connectivity index (χ4n) is 0.363. The second kappa shape index (κ2) is 4.57. The normalized spacial score (nSPS) is 12.6. The van der Waals surface area contributed by atoms with Crippen LogP contribution in [-0.4, -0.2) is 12.8 Å². The van der Waals surface area contributed by atoms with Crippen molar-refractivity contribution in [2.75, 3.05) is 6.61 Å². The summed E-state index contributed by atoms with van der Waals surface area (Å²) in [4.78, 5) is 0. The zero-order valence-electron chi connectivity index (χ0n) is 4.92. The second-order valence-corrected chi connectivity index (χ2v) is 1.36. The third-order valence-electron chi connectivity index (χ3n) is 0.673. The van der Waals surface area contributed by atoms with E-state index in [9.17, 15) is 0 Å². The van der Waals surface area contributed by atoms with E-state index in [0.717, 1.165) is 0 Å². The summed E-state index contributed by atoms with van der Waals surface area (Å²) in [5.74, 6) is 0. The van der Waals surface area contributed by atoms with Crippen LogP contribution in [0, 0.1) is 11.3 Å². The first-order valence-electron chi connectivity index (χ1n) is 2.55. The maximum atomic E-state index is 8.05. The summed E-state index contributed by atoms with van der Waals surface area (Å²) in [5, 5.41) is 8.05. The van der Waals surface area contributed by atoms with Gasteiger partial charge in [0.2, 0.25) is 0 Å². The molecule has 0 saturated heterocycles. The Hall–Kier alpha value is -0.590. The van der Waals surface area contributed by atoms with Gasteiger partial charge in [0, 0.05) is 6.61 Å².